The van der Waals surface area contributed by atoms with E-state index >= 15 is 0 Å². The minimum atomic E-state index is 0.736. The van der Waals surface area contributed by atoms with Crippen LogP contribution in [0.5, 0.6) is 0 Å². The smallest absolute Gasteiger partial charge is 0.183 e. The number of thiazole rings is 1. The molecule has 0 radical (unpaired) electrons. The van der Waals surface area contributed by atoms with Gasteiger partial charge < -0.3 is 5.32 Å². The maximum absolute atomic E-state index is 4.33. The molecule has 5 heteroatoms. The van der Waals surface area contributed by atoms with Crippen molar-refractivity contribution in [3.8, 4) is 0 Å². The van der Waals surface area contributed by atoms with Crippen LogP contribution in [0.4, 0.5) is 5.13 Å². The van der Waals surface area contributed by atoms with Crippen molar-refractivity contribution in [3.63, 3.8) is 0 Å². The molecular formula is C11H16N4S. The Kier molecular flexibility index (Phi) is 3.56. The highest BCUT2D eigenvalue weighted by Crippen LogP contribution is 2.19. The van der Waals surface area contributed by atoms with Gasteiger partial charge >= 0.3 is 0 Å². The van der Waals surface area contributed by atoms with Crippen molar-refractivity contribution in [1.82, 2.24) is 14.8 Å². The van der Waals surface area contributed by atoms with Gasteiger partial charge in [0, 0.05) is 24.3 Å². The third kappa shape index (κ3) is 2.82. The van der Waals surface area contributed by atoms with E-state index in [0.29, 0.717) is 0 Å². The third-order valence-electron chi connectivity index (χ3n) is 2.24. The van der Waals surface area contributed by atoms with Gasteiger partial charge in [-0.1, -0.05) is 13.3 Å². The van der Waals surface area contributed by atoms with Crippen LogP contribution in [0.3, 0.4) is 0 Å². The van der Waals surface area contributed by atoms with Crippen molar-refractivity contribution in [2.24, 2.45) is 7.05 Å². The lowest BCUT2D eigenvalue weighted by Crippen LogP contribution is -2.00. The van der Waals surface area contributed by atoms with Crippen molar-refractivity contribution in [2.45, 2.75) is 26.3 Å². The number of anilines is 1. The average molecular weight is 236 g/mol. The first-order valence-corrected chi connectivity index (χ1v) is 6.26. The SMILES string of the molecule is CCCc1cnc(NCc2ccn(C)n2)s1. The van der Waals surface area contributed by atoms with E-state index in [1.54, 1.807) is 16.0 Å². The fourth-order valence-electron chi connectivity index (χ4n) is 1.47. The number of hydrogen-bond acceptors (Lipinski definition) is 4. The fourth-order valence-corrected chi connectivity index (χ4v) is 2.38. The molecule has 2 heterocycles. The van der Waals surface area contributed by atoms with Gasteiger partial charge in [-0.25, -0.2) is 4.98 Å². The summed E-state index contributed by atoms with van der Waals surface area (Å²) in [4.78, 5) is 5.67. The van der Waals surface area contributed by atoms with Gasteiger partial charge in [0.05, 0.1) is 12.2 Å². The fraction of sp³-hybridized carbons (Fsp3) is 0.455. The summed E-state index contributed by atoms with van der Waals surface area (Å²) >= 11 is 1.73. The first-order chi connectivity index (χ1) is 7.78. The van der Waals surface area contributed by atoms with Crippen LogP contribution < -0.4 is 5.32 Å². The van der Waals surface area contributed by atoms with E-state index in [9.17, 15) is 0 Å². The van der Waals surface area contributed by atoms with Crippen LogP contribution >= 0.6 is 11.3 Å². The molecule has 0 atom stereocenters. The zero-order valence-corrected chi connectivity index (χ0v) is 10.4. The molecule has 0 amide bonds. The second-order valence-electron chi connectivity index (χ2n) is 3.72. The Morgan fingerprint density at radius 2 is 2.38 bits per heavy atom. The van der Waals surface area contributed by atoms with Gasteiger partial charge in [0.25, 0.3) is 0 Å². The topological polar surface area (TPSA) is 42.7 Å². The van der Waals surface area contributed by atoms with Gasteiger partial charge in [-0.15, -0.1) is 11.3 Å². The van der Waals surface area contributed by atoms with Crippen molar-refractivity contribution in [2.75, 3.05) is 5.32 Å². The van der Waals surface area contributed by atoms with E-state index in [2.05, 4.69) is 22.3 Å². The molecule has 16 heavy (non-hydrogen) atoms. The number of nitrogens with one attached hydrogen (secondary N) is 1. The van der Waals surface area contributed by atoms with Crippen molar-refractivity contribution in [1.29, 1.82) is 0 Å². The molecule has 2 rings (SSSR count). The molecule has 0 saturated carbocycles. The molecule has 0 aliphatic rings. The molecular weight excluding hydrogens is 220 g/mol. The highest BCUT2D eigenvalue weighted by molar-refractivity contribution is 7.15. The van der Waals surface area contributed by atoms with Gasteiger partial charge in [-0.2, -0.15) is 5.10 Å². The van der Waals surface area contributed by atoms with Gasteiger partial charge in [0.2, 0.25) is 0 Å². The van der Waals surface area contributed by atoms with E-state index in [1.165, 1.54) is 11.3 Å². The van der Waals surface area contributed by atoms with E-state index < -0.39 is 0 Å². The zero-order valence-electron chi connectivity index (χ0n) is 9.60. The number of aryl methyl sites for hydroxylation is 2. The normalized spacial score (nSPS) is 10.6. The Morgan fingerprint density at radius 3 is 3.06 bits per heavy atom. The molecule has 0 spiro atoms. The van der Waals surface area contributed by atoms with E-state index in [4.69, 9.17) is 0 Å². The number of hydrogen-bond donors (Lipinski definition) is 1. The Hall–Kier alpha value is -1.36. The summed E-state index contributed by atoms with van der Waals surface area (Å²) < 4.78 is 1.81. The quantitative estimate of drug-likeness (QED) is 0.867. The summed E-state index contributed by atoms with van der Waals surface area (Å²) in [5.74, 6) is 0. The van der Waals surface area contributed by atoms with Crippen molar-refractivity contribution >= 4 is 16.5 Å². The van der Waals surface area contributed by atoms with Crippen molar-refractivity contribution < 1.29 is 0 Å². The maximum atomic E-state index is 4.33. The molecule has 0 bridgehead atoms. The Bertz CT molecular complexity index is 446. The van der Waals surface area contributed by atoms with Crippen LogP contribution in [-0.2, 0) is 20.0 Å². The summed E-state index contributed by atoms with van der Waals surface area (Å²) in [6.07, 6.45) is 6.18. The van der Waals surface area contributed by atoms with E-state index in [-0.39, 0.29) is 0 Å². The van der Waals surface area contributed by atoms with Crippen LogP contribution in [0.1, 0.15) is 23.9 Å². The molecule has 0 fully saturated rings. The van der Waals surface area contributed by atoms with Crippen LogP contribution in [0.15, 0.2) is 18.5 Å². The van der Waals surface area contributed by atoms with Gasteiger partial charge in [-0.3, -0.25) is 4.68 Å². The zero-order chi connectivity index (χ0) is 11.4. The van der Waals surface area contributed by atoms with Crippen LogP contribution in [0.25, 0.3) is 0 Å². The number of aromatic nitrogens is 3. The molecule has 2 aromatic heterocycles. The predicted octanol–water partition coefficient (Wildman–Crippen LogP) is 2.44. The first-order valence-electron chi connectivity index (χ1n) is 5.45. The molecule has 1 N–H and O–H groups in total. The van der Waals surface area contributed by atoms with Gasteiger partial charge in [0.15, 0.2) is 5.13 Å². The minimum Gasteiger partial charge on any atom is -0.356 e. The largest absolute Gasteiger partial charge is 0.356 e. The molecule has 0 aromatic carbocycles. The standard InChI is InChI=1S/C11H16N4S/c1-3-4-10-8-13-11(16-10)12-7-9-5-6-15(2)14-9/h5-6,8H,3-4,7H2,1-2H3,(H,12,13). The summed E-state index contributed by atoms with van der Waals surface area (Å²) in [5, 5.41) is 8.57. The predicted molar refractivity (Wildman–Crippen MR) is 66.6 cm³/mol. The lowest BCUT2D eigenvalue weighted by Gasteiger charge is -1.98. The summed E-state index contributed by atoms with van der Waals surface area (Å²) in [6.45, 7) is 2.92. The molecule has 2 aromatic rings. The summed E-state index contributed by atoms with van der Waals surface area (Å²) in [7, 11) is 1.92. The lowest BCUT2D eigenvalue weighted by atomic mass is 10.3. The third-order valence-corrected chi connectivity index (χ3v) is 3.25. The molecule has 0 unspecified atom stereocenters. The van der Waals surface area contributed by atoms with Gasteiger partial charge in [-0.05, 0) is 12.5 Å². The molecule has 0 saturated heterocycles. The number of rotatable bonds is 5. The minimum absolute atomic E-state index is 0.736. The monoisotopic (exact) mass is 236 g/mol. The lowest BCUT2D eigenvalue weighted by molar-refractivity contribution is 0.747. The summed E-state index contributed by atoms with van der Waals surface area (Å²) in [6, 6.07) is 2.01. The van der Waals surface area contributed by atoms with Crippen LogP contribution in [0, 0.1) is 0 Å². The van der Waals surface area contributed by atoms with E-state index in [0.717, 1.165) is 23.8 Å². The van der Waals surface area contributed by atoms with Crippen LogP contribution in [-0.4, -0.2) is 14.8 Å². The molecule has 4 nitrogen and oxygen atoms in total. The number of nitrogens with zero attached hydrogens (tertiary/aromatic N) is 3. The summed E-state index contributed by atoms with van der Waals surface area (Å²) in [5.41, 5.74) is 1.04. The molecule has 0 aliphatic heterocycles. The highest BCUT2D eigenvalue weighted by Gasteiger charge is 2.02. The van der Waals surface area contributed by atoms with Crippen molar-refractivity contribution in [3.05, 3.63) is 29.0 Å². The highest BCUT2D eigenvalue weighted by atomic mass is 32.1. The second kappa shape index (κ2) is 5.12. The van der Waals surface area contributed by atoms with E-state index in [1.807, 2.05) is 25.5 Å². The first kappa shape index (κ1) is 11.1. The Morgan fingerprint density at radius 1 is 1.50 bits per heavy atom. The average Bonchev–Trinajstić information content (AvgIpc) is 2.85. The second-order valence-corrected chi connectivity index (χ2v) is 4.83. The van der Waals surface area contributed by atoms with Gasteiger partial charge in [0.1, 0.15) is 0 Å². The Labute approximate surface area is 99.3 Å². The Balaban J connectivity index is 1.89. The molecule has 86 valence electrons. The molecule has 0 aliphatic carbocycles. The maximum Gasteiger partial charge on any atom is 0.183 e. The van der Waals surface area contributed by atoms with Crippen LogP contribution in [0.2, 0.25) is 0 Å².